The second-order valence-corrected chi connectivity index (χ2v) is 10.4. The van der Waals surface area contributed by atoms with Gasteiger partial charge in [0.05, 0.1) is 29.4 Å². The maximum Gasteiger partial charge on any atom is 0.328 e. The van der Waals surface area contributed by atoms with Gasteiger partial charge in [0, 0.05) is 56.6 Å². The Bertz CT molecular complexity index is 1480. The summed E-state index contributed by atoms with van der Waals surface area (Å²) in [7, 11) is 0. The predicted molar refractivity (Wildman–Crippen MR) is 143 cm³/mol. The SMILES string of the molecule is CCn1cc(CN2CCN(c3cnc(-c4ccc(C(C)(C)C)cc4)c4[nH]cnc34)CC2)c(=O)[nH]c1=O. The van der Waals surface area contributed by atoms with Crippen molar-refractivity contribution in [2.24, 2.45) is 0 Å². The highest BCUT2D eigenvalue weighted by molar-refractivity contribution is 5.96. The summed E-state index contributed by atoms with van der Waals surface area (Å²) >= 11 is 0. The largest absolute Gasteiger partial charge is 0.366 e. The van der Waals surface area contributed by atoms with Crippen LogP contribution in [0.1, 0.15) is 38.8 Å². The van der Waals surface area contributed by atoms with Crippen LogP contribution in [0.15, 0.2) is 52.6 Å². The van der Waals surface area contributed by atoms with E-state index in [-0.39, 0.29) is 16.7 Å². The van der Waals surface area contributed by atoms with Crippen molar-refractivity contribution in [1.82, 2.24) is 29.4 Å². The molecule has 2 N–H and O–H groups in total. The lowest BCUT2D eigenvalue weighted by atomic mass is 9.86. The Balaban J connectivity index is 1.33. The monoisotopic (exact) mass is 487 g/mol. The fourth-order valence-electron chi connectivity index (χ4n) is 4.79. The van der Waals surface area contributed by atoms with E-state index in [1.54, 1.807) is 12.5 Å². The van der Waals surface area contributed by atoms with Crippen molar-refractivity contribution >= 4 is 16.7 Å². The van der Waals surface area contributed by atoms with Crippen LogP contribution in [0.5, 0.6) is 0 Å². The topological polar surface area (TPSA) is 103 Å². The second-order valence-electron chi connectivity index (χ2n) is 10.4. The molecular weight excluding hydrogens is 454 g/mol. The van der Waals surface area contributed by atoms with Crippen LogP contribution in [0.3, 0.4) is 0 Å². The van der Waals surface area contributed by atoms with E-state index in [0.29, 0.717) is 18.7 Å². The maximum absolute atomic E-state index is 12.3. The highest BCUT2D eigenvalue weighted by Gasteiger charge is 2.23. The molecule has 0 spiro atoms. The van der Waals surface area contributed by atoms with Gasteiger partial charge in [-0.1, -0.05) is 45.0 Å². The van der Waals surface area contributed by atoms with Crippen molar-refractivity contribution in [2.75, 3.05) is 31.1 Å². The molecule has 4 aromatic rings. The van der Waals surface area contributed by atoms with Crippen LogP contribution in [0.25, 0.3) is 22.3 Å². The molecule has 0 radical (unpaired) electrons. The summed E-state index contributed by atoms with van der Waals surface area (Å²) in [4.78, 5) is 43.9. The number of nitrogens with one attached hydrogen (secondary N) is 2. The van der Waals surface area contributed by atoms with Crippen LogP contribution in [0, 0.1) is 0 Å². The van der Waals surface area contributed by atoms with Crippen molar-refractivity contribution in [2.45, 2.75) is 46.2 Å². The minimum Gasteiger partial charge on any atom is -0.366 e. The molecule has 1 aliphatic rings. The summed E-state index contributed by atoms with van der Waals surface area (Å²) in [5, 5.41) is 0. The maximum atomic E-state index is 12.3. The van der Waals surface area contributed by atoms with Crippen LogP contribution >= 0.6 is 0 Å². The number of H-pyrrole nitrogens is 2. The number of aryl methyl sites for hydroxylation is 1. The second kappa shape index (κ2) is 9.39. The van der Waals surface area contributed by atoms with E-state index in [1.165, 1.54) is 10.1 Å². The Labute approximate surface area is 209 Å². The zero-order valence-electron chi connectivity index (χ0n) is 21.3. The van der Waals surface area contributed by atoms with E-state index < -0.39 is 0 Å². The van der Waals surface area contributed by atoms with Gasteiger partial charge in [0.15, 0.2) is 0 Å². The van der Waals surface area contributed by atoms with Crippen LogP contribution in [0.2, 0.25) is 0 Å². The van der Waals surface area contributed by atoms with Gasteiger partial charge in [0.25, 0.3) is 5.56 Å². The van der Waals surface area contributed by atoms with Crippen molar-refractivity contribution in [1.29, 1.82) is 0 Å². The third-order valence-electron chi connectivity index (χ3n) is 6.99. The first-order chi connectivity index (χ1) is 17.2. The van der Waals surface area contributed by atoms with Gasteiger partial charge < -0.3 is 14.5 Å². The summed E-state index contributed by atoms with van der Waals surface area (Å²) in [6.45, 7) is 12.8. The molecule has 9 nitrogen and oxygen atoms in total. The third kappa shape index (κ3) is 4.58. The number of hydrogen-bond donors (Lipinski definition) is 2. The van der Waals surface area contributed by atoms with Crippen molar-refractivity contribution in [3.8, 4) is 11.3 Å². The Hall–Kier alpha value is -3.72. The minimum absolute atomic E-state index is 0.103. The highest BCUT2D eigenvalue weighted by atomic mass is 16.2. The first-order valence-electron chi connectivity index (χ1n) is 12.5. The molecule has 9 heteroatoms. The third-order valence-corrected chi connectivity index (χ3v) is 6.99. The molecule has 5 rings (SSSR count). The van der Waals surface area contributed by atoms with Gasteiger partial charge in [0.1, 0.15) is 5.52 Å². The minimum atomic E-state index is -0.361. The number of nitrogens with zero attached hydrogens (tertiary/aromatic N) is 5. The fraction of sp³-hybridized carbons (Fsp3) is 0.407. The van der Waals surface area contributed by atoms with Gasteiger partial charge in [-0.15, -0.1) is 0 Å². The molecule has 0 saturated carbocycles. The summed E-state index contributed by atoms with van der Waals surface area (Å²) in [6.07, 6.45) is 5.33. The molecule has 1 saturated heterocycles. The lowest BCUT2D eigenvalue weighted by Gasteiger charge is -2.36. The van der Waals surface area contributed by atoms with Gasteiger partial charge in [-0.3, -0.25) is 19.7 Å². The van der Waals surface area contributed by atoms with E-state index in [4.69, 9.17) is 4.98 Å². The molecule has 3 aromatic heterocycles. The molecule has 0 unspecified atom stereocenters. The smallest absolute Gasteiger partial charge is 0.328 e. The van der Waals surface area contributed by atoms with Gasteiger partial charge in [-0.2, -0.15) is 0 Å². The predicted octanol–water partition coefficient (Wildman–Crippen LogP) is 3.11. The molecule has 4 heterocycles. The molecule has 1 fully saturated rings. The first kappa shape index (κ1) is 24.0. The Morgan fingerprint density at radius 2 is 1.72 bits per heavy atom. The fourth-order valence-corrected chi connectivity index (χ4v) is 4.79. The molecule has 1 aliphatic heterocycles. The molecule has 0 atom stereocenters. The summed E-state index contributed by atoms with van der Waals surface area (Å²) in [5.74, 6) is 0. The summed E-state index contributed by atoms with van der Waals surface area (Å²) in [5.41, 5.74) is 6.17. The number of anilines is 1. The first-order valence-corrected chi connectivity index (χ1v) is 12.5. The molecule has 36 heavy (non-hydrogen) atoms. The van der Waals surface area contributed by atoms with Crippen molar-refractivity contribution in [3.63, 3.8) is 0 Å². The molecule has 188 valence electrons. The van der Waals surface area contributed by atoms with Gasteiger partial charge in [-0.05, 0) is 17.9 Å². The van der Waals surface area contributed by atoms with E-state index in [9.17, 15) is 9.59 Å². The quantitative estimate of drug-likeness (QED) is 0.448. The zero-order chi connectivity index (χ0) is 25.4. The Morgan fingerprint density at radius 1 is 1.00 bits per heavy atom. The van der Waals surface area contributed by atoms with Gasteiger partial charge in [0.2, 0.25) is 0 Å². The number of piperazine rings is 1. The van der Waals surface area contributed by atoms with Crippen molar-refractivity contribution < 1.29 is 0 Å². The lowest BCUT2D eigenvalue weighted by molar-refractivity contribution is 0.248. The molecule has 1 aromatic carbocycles. The average molecular weight is 488 g/mol. The van der Waals surface area contributed by atoms with Crippen LogP contribution in [-0.4, -0.2) is 55.6 Å². The standard InChI is InChI=1S/C27H33N7O2/c1-5-33-16-19(25(35)31-26(33)36)15-32-10-12-34(13-11-32)21-14-28-22(24-23(21)29-17-30-24)18-6-8-20(9-7-18)27(2,3)4/h6-9,14,16-17H,5,10-13,15H2,1-4H3,(H,29,30)(H,31,35,36). The number of hydrogen-bond acceptors (Lipinski definition) is 6. The Kier molecular flexibility index (Phi) is 6.26. The van der Waals surface area contributed by atoms with E-state index in [2.05, 4.69) is 69.8 Å². The summed E-state index contributed by atoms with van der Waals surface area (Å²) < 4.78 is 1.53. The van der Waals surface area contributed by atoms with E-state index >= 15 is 0 Å². The highest BCUT2D eigenvalue weighted by Crippen LogP contribution is 2.32. The van der Waals surface area contributed by atoms with E-state index in [1.807, 2.05) is 13.1 Å². The lowest BCUT2D eigenvalue weighted by Crippen LogP contribution is -2.47. The van der Waals surface area contributed by atoms with E-state index in [0.717, 1.165) is 54.2 Å². The number of pyridine rings is 1. The summed E-state index contributed by atoms with van der Waals surface area (Å²) in [6, 6.07) is 8.60. The van der Waals surface area contributed by atoms with Gasteiger partial charge in [-0.25, -0.2) is 9.78 Å². The zero-order valence-corrected chi connectivity index (χ0v) is 21.3. The molecule has 0 aliphatic carbocycles. The molecular formula is C27H33N7O2. The number of aromatic nitrogens is 5. The number of aromatic amines is 2. The van der Waals surface area contributed by atoms with Crippen molar-refractivity contribution in [3.05, 3.63) is 75.0 Å². The number of imidazole rings is 1. The Morgan fingerprint density at radius 3 is 2.39 bits per heavy atom. The van der Waals surface area contributed by atoms with Gasteiger partial charge >= 0.3 is 5.69 Å². The molecule has 0 amide bonds. The average Bonchev–Trinajstić information content (AvgIpc) is 3.35. The van der Waals surface area contributed by atoms with Crippen LogP contribution in [-0.2, 0) is 18.5 Å². The molecule has 0 bridgehead atoms. The number of rotatable bonds is 5. The number of fused-ring (bicyclic) bond motifs is 1. The number of benzene rings is 1. The van der Waals surface area contributed by atoms with Crippen LogP contribution in [0.4, 0.5) is 5.69 Å². The normalized spacial score (nSPS) is 15.1. The van der Waals surface area contributed by atoms with Crippen LogP contribution < -0.4 is 16.1 Å².